The zero-order chi connectivity index (χ0) is 17.4. The average molecular weight is 333 g/mol. The van der Waals surface area contributed by atoms with Crippen molar-refractivity contribution in [1.29, 1.82) is 0 Å². The van der Waals surface area contributed by atoms with Crippen LogP contribution < -0.4 is 5.32 Å². The molecule has 1 aliphatic rings. The van der Waals surface area contributed by atoms with Crippen molar-refractivity contribution in [3.63, 3.8) is 0 Å². The smallest absolute Gasteiger partial charge is 0.317 e. The van der Waals surface area contributed by atoms with E-state index in [1.54, 1.807) is 11.9 Å². The third-order valence-electron chi connectivity index (χ3n) is 4.35. The fourth-order valence-corrected chi connectivity index (χ4v) is 2.79. The van der Waals surface area contributed by atoms with Gasteiger partial charge in [0, 0.05) is 39.6 Å². The molecule has 2 rings (SSSR count). The number of aliphatic hydroxyl groups excluding tert-OH is 1. The first-order chi connectivity index (χ1) is 11.6. The minimum atomic E-state index is -0.576. The summed E-state index contributed by atoms with van der Waals surface area (Å²) < 4.78 is 0. The predicted octanol–water partition coefficient (Wildman–Crippen LogP) is 1.76. The van der Waals surface area contributed by atoms with Gasteiger partial charge in [-0.15, -0.1) is 0 Å². The minimum Gasteiger partial charge on any atom is -0.388 e. The zero-order valence-corrected chi connectivity index (χ0v) is 14.3. The summed E-state index contributed by atoms with van der Waals surface area (Å²) in [4.78, 5) is 27.1. The van der Waals surface area contributed by atoms with E-state index in [1.165, 1.54) is 0 Å². The third kappa shape index (κ3) is 5.53. The standard InChI is InChI=1S/C18H27N3O3/c1-20(13-10-16(22)15-7-3-2-4-8-15)18(24)19-11-14-21-12-6-5-9-17(21)23/h2-4,7-8,16,22H,5-6,9-14H2,1H3,(H,19,24)/t16-/m1/s1. The van der Waals surface area contributed by atoms with Crippen molar-refractivity contribution in [2.45, 2.75) is 31.8 Å². The Kier molecular flexibility index (Phi) is 7.06. The van der Waals surface area contributed by atoms with Gasteiger partial charge in [0.05, 0.1) is 6.10 Å². The molecule has 132 valence electrons. The maximum Gasteiger partial charge on any atom is 0.317 e. The second-order valence-corrected chi connectivity index (χ2v) is 6.21. The molecule has 2 N–H and O–H groups in total. The van der Waals surface area contributed by atoms with Gasteiger partial charge >= 0.3 is 6.03 Å². The Morgan fingerprint density at radius 2 is 2.08 bits per heavy atom. The van der Waals surface area contributed by atoms with E-state index in [-0.39, 0.29) is 11.9 Å². The molecule has 0 saturated carbocycles. The highest BCUT2D eigenvalue weighted by Gasteiger charge is 2.18. The van der Waals surface area contributed by atoms with E-state index in [2.05, 4.69) is 5.32 Å². The van der Waals surface area contributed by atoms with E-state index >= 15 is 0 Å². The average Bonchev–Trinajstić information content (AvgIpc) is 2.61. The summed E-state index contributed by atoms with van der Waals surface area (Å²) in [5, 5.41) is 12.9. The molecule has 0 radical (unpaired) electrons. The quantitative estimate of drug-likeness (QED) is 0.799. The largest absolute Gasteiger partial charge is 0.388 e. The summed E-state index contributed by atoms with van der Waals surface area (Å²) in [5.41, 5.74) is 0.856. The van der Waals surface area contributed by atoms with Crippen molar-refractivity contribution in [3.8, 4) is 0 Å². The SMILES string of the molecule is CN(CC[C@@H](O)c1ccccc1)C(=O)NCCN1CCCCC1=O. The molecular formula is C18H27N3O3. The van der Waals surface area contributed by atoms with Gasteiger partial charge in [0.25, 0.3) is 0 Å². The highest BCUT2D eigenvalue weighted by molar-refractivity contribution is 5.77. The lowest BCUT2D eigenvalue weighted by atomic mass is 10.1. The summed E-state index contributed by atoms with van der Waals surface area (Å²) in [6.07, 6.45) is 2.53. The second kappa shape index (κ2) is 9.27. The lowest BCUT2D eigenvalue weighted by molar-refractivity contribution is -0.133. The highest BCUT2D eigenvalue weighted by atomic mass is 16.3. The first-order valence-corrected chi connectivity index (χ1v) is 8.57. The van der Waals surface area contributed by atoms with Crippen molar-refractivity contribution in [2.24, 2.45) is 0 Å². The predicted molar refractivity (Wildman–Crippen MR) is 92.5 cm³/mol. The molecule has 0 spiro atoms. The van der Waals surface area contributed by atoms with Crippen LogP contribution in [0.15, 0.2) is 30.3 Å². The van der Waals surface area contributed by atoms with Crippen LogP contribution in [0.1, 0.15) is 37.4 Å². The Morgan fingerprint density at radius 3 is 2.79 bits per heavy atom. The van der Waals surface area contributed by atoms with Gasteiger partial charge < -0.3 is 20.2 Å². The zero-order valence-electron chi connectivity index (χ0n) is 14.3. The fourth-order valence-electron chi connectivity index (χ4n) is 2.79. The van der Waals surface area contributed by atoms with Crippen molar-refractivity contribution < 1.29 is 14.7 Å². The van der Waals surface area contributed by atoms with Crippen LogP contribution in [-0.2, 0) is 4.79 Å². The number of likely N-dealkylation sites (tertiary alicyclic amines) is 1. The van der Waals surface area contributed by atoms with Crippen molar-refractivity contribution in [3.05, 3.63) is 35.9 Å². The van der Waals surface area contributed by atoms with E-state index < -0.39 is 6.10 Å². The number of carbonyl (C=O) groups is 2. The molecule has 3 amide bonds. The minimum absolute atomic E-state index is 0.176. The van der Waals surface area contributed by atoms with Gasteiger partial charge in [-0.2, -0.15) is 0 Å². The molecular weight excluding hydrogens is 306 g/mol. The Bertz CT molecular complexity index is 536. The van der Waals surface area contributed by atoms with Gasteiger partial charge in [0.1, 0.15) is 0 Å². The van der Waals surface area contributed by atoms with Gasteiger partial charge in [-0.25, -0.2) is 4.79 Å². The van der Waals surface area contributed by atoms with E-state index in [1.807, 2.05) is 35.2 Å². The monoisotopic (exact) mass is 333 g/mol. The molecule has 1 atom stereocenters. The molecule has 1 saturated heterocycles. The van der Waals surface area contributed by atoms with Crippen LogP contribution in [0.3, 0.4) is 0 Å². The number of amides is 3. The number of piperidine rings is 1. The van der Waals surface area contributed by atoms with E-state index in [0.29, 0.717) is 32.5 Å². The number of nitrogens with zero attached hydrogens (tertiary/aromatic N) is 2. The molecule has 0 aromatic heterocycles. The summed E-state index contributed by atoms with van der Waals surface area (Å²) in [5.74, 6) is 0.176. The van der Waals surface area contributed by atoms with Crippen LogP contribution in [-0.4, -0.2) is 60.1 Å². The number of hydrogen-bond acceptors (Lipinski definition) is 3. The Hall–Kier alpha value is -2.08. The van der Waals surface area contributed by atoms with Crippen LogP contribution in [0, 0.1) is 0 Å². The molecule has 1 aliphatic heterocycles. The molecule has 6 heteroatoms. The molecule has 1 aromatic rings. The lowest BCUT2D eigenvalue weighted by Gasteiger charge is -2.27. The van der Waals surface area contributed by atoms with Crippen molar-refractivity contribution in [1.82, 2.24) is 15.1 Å². The van der Waals surface area contributed by atoms with Gasteiger partial charge in [-0.3, -0.25) is 4.79 Å². The van der Waals surface area contributed by atoms with Gasteiger partial charge in [0.15, 0.2) is 0 Å². The summed E-state index contributed by atoms with van der Waals surface area (Å²) >= 11 is 0. The summed E-state index contributed by atoms with van der Waals surface area (Å²) in [6.45, 7) is 2.26. The first-order valence-electron chi connectivity index (χ1n) is 8.57. The van der Waals surface area contributed by atoms with Crippen molar-refractivity contribution in [2.75, 3.05) is 33.2 Å². The normalized spacial score (nSPS) is 15.9. The molecule has 6 nitrogen and oxygen atoms in total. The van der Waals surface area contributed by atoms with Crippen LogP contribution in [0.5, 0.6) is 0 Å². The van der Waals surface area contributed by atoms with Gasteiger partial charge in [-0.1, -0.05) is 30.3 Å². The van der Waals surface area contributed by atoms with Crippen molar-refractivity contribution >= 4 is 11.9 Å². The molecule has 1 heterocycles. The van der Waals surface area contributed by atoms with Gasteiger partial charge in [0.2, 0.25) is 5.91 Å². The molecule has 1 fully saturated rings. The molecule has 0 bridgehead atoms. The number of carbonyl (C=O) groups excluding carboxylic acids is 2. The maximum atomic E-state index is 12.0. The first kappa shape index (κ1) is 18.3. The number of hydrogen-bond donors (Lipinski definition) is 2. The molecule has 24 heavy (non-hydrogen) atoms. The fraction of sp³-hybridized carbons (Fsp3) is 0.556. The van der Waals surface area contributed by atoms with Crippen LogP contribution in [0.4, 0.5) is 4.79 Å². The van der Waals surface area contributed by atoms with Crippen LogP contribution >= 0.6 is 0 Å². The lowest BCUT2D eigenvalue weighted by Crippen LogP contribution is -2.44. The van der Waals surface area contributed by atoms with Crippen LogP contribution in [0.2, 0.25) is 0 Å². The number of urea groups is 1. The molecule has 1 aromatic carbocycles. The summed E-state index contributed by atoms with van der Waals surface area (Å²) in [6, 6.07) is 9.25. The maximum absolute atomic E-state index is 12.0. The topological polar surface area (TPSA) is 72.9 Å². The summed E-state index contributed by atoms with van der Waals surface area (Å²) in [7, 11) is 1.71. The van der Waals surface area contributed by atoms with Gasteiger partial charge in [-0.05, 0) is 24.8 Å². The Labute approximate surface area is 143 Å². The number of benzene rings is 1. The highest BCUT2D eigenvalue weighted by Crippen LogP contribution is 2.16. The number of aliphatic hydroxyl groups is 1. The third-order valence-corrected chi connectivity index (χ3v) is 4.35. The van der Waals surface area contributed by atoms with E-state index in [4.69, 9.17) is 0 Å². The number of rotatable bonds is 7. The van der Waals surface area contributed by atoms with Crippen LogP contribution in [0.25, 0.3) is 0 Å². The second-order valence-electron chi connectivity index (χ2n) is 6.21. The molecule has 0 aliphatic carbocycles. The Balaban J connectivity index is 1.65. The Morgan fingerprint density at radius 1 is 1.33 bits per heavy atom. The number of nitrogens with one attached hydrogen (secondary N) is 1. The van der Waals surface area contributed by atoms with E-state index in [9.17, 15) is 14.7 Å². The van der Waals surface area contributed by atoms with E-state index in [0.717, 1.165) is 24.9 Å². The molecule has 0 unspecified atom stereocenters.